The van der Waals surface area contributed by atoms with E-state index in [-0.39, 0.29) is 40.3 Å². The second-order valence-corrected chi connectivity index (χ2v) is 10.7. The number of methoxy groups -OCH3 is 1. The minimum atomic E-state index is -0.851. The van der Waals surface area contributed by atoms with Crippen LogP contribution in [0.15, 0.2) is 0 Å². The number of carbonyl (C=O) groups is 3. The SMILES string of the molecule is COC(CCC(=O)CC[C@@H]1C(=O)CC[C@]2(C)C(=O)CC[C@@H]12)C1(C)OCC(C)(C)CO1. The number of Topliss-reactive ketones (excluding diaryl/α,β-unsaturated/α-hetero) is 3. The van der Waals surface area contributed by atoms with Crippen molar-refractivity contribution in [2.45, 2.75) is 91.0 Å². The third kappa shape index (κ3) is 4.71. The second-order valence-electron chi connectivity index (χ2n) is 10.7. The molecule has 170 valence electrons. The first-order valence-electron chi connectivity index (χ1n) is 11.4. The highest BCUT2D eigenvalue weighted by Crippen LogP contribution is 2.52. The summed E-state index contributed by atoms with van der Waals surface area (Å²) in [7, 11) is 1.62. The molecule has 1 saturated heterocycles. The van der Waals surface area contributed by atoms with Crippen LogP contribution in [0.3, 0.4) is 0 Å². The van der Waals surface area contributed by atoms with Crippen LogP contribution in [0.4, 0.5) is 0 Å². The van der Waals surface area contributed by atoms with Gasteiger partial charge >= 0.3 is 0 Å². The highest BCUT2D eigenvalue weighted by molar-refractivity contribution is 5.92. The molecule has 0 aromatic heterocycles. The lowest BCUT2D eigenvalue weighted by Gasteiger charge is -2.44. The number of hydrogen-bond acceptors (Lipinski definition) is 6. The average molecular weight is 423 g/mol. The smallest absolute Gasteiger partial charge is 0.191 e. The van der Waals surface area contributed by atoms with Gasteiger partial charge in [0.25, 0.3) is 0 Å². The highest BCUT2D eigenvalue weighted by Gasteiger charge is 2.53. The number of ether oxygens (including phenoxy) is 3. The Kier molecular flexibility index (Phi) is 6.90. The van der Waals surface area contributed by atoms with Crippen molar-refractivity contribution in [3.8, 4) is 0 Å². The van der Waals surface area contributed by atoms with Crippen LogP contribution < -0.4 is 0 Å². The van der Waals surface area contributed by atoms with E-state index < -0.39 is 5.79 Å². The summed E-state index contributed by atoms with van der Waals surface area (Å²) >= 11 is 0. The van der Waals surface area contributed by atoms with Crippen molar-refractivity contribution < 1.29 is 28.6 Å². The third-order valence-electron chi connectivity index (χ3n) is 7.72. The van der Waals surface area contributed by atoms with E-state index in [0.29, 0.717) is 63.9 Å². The van der Waals surface area contributed by atoms with Crippen LogP contribution in [-0.4, -0.2) is 49.6 Å². The molecule has 0 N–H and O–H groups in total. The van der Waals surface area contributed by atoms with Crippen molar-refractivity contribution in [1.82, 2.24) is 0 Å². The first-order chi connectivity index (χ1) is 14.0. The molecule has 4 atom stereocenters. The van der Waals surface area contributed by atoms with Gasteiger partial charge in [0.05, 0.1) is 13.2 Å². The van der Waals surface area contributed by atoms with Gasteiger partial charge in [0.15, 0.2) is 5.79 Å². The zero-order valence-corrected chi connectivity index (χ0v) is 19.3. The van der Waals surface area contributed by atoms with Gasteiger partial charge in [-0.2, -0.15) is 0 Å². The zero-order valence-electron chi connectivity index (χ0n) is 19.3. The quantitative estimate of drug-likeness (QED) is 0.591. The van der Waals surface area contributed by atoms with Gasteiger partial charge in [-0.3, -0.25) is 14.4 Å². The van der Waals surface area contributed by atoms with Crippen molar-refractivity contribution in [3.63, 3.8) is 0 Å². The fourth-order valence-corrected chi connectivity index (χ4v) is 5.50. The Morgan fingerprint density at radius 3 is 2.40 bits per heavy atom. The molecule has 6 nitrogen and oxygen atoms in total. The van der Waals surface area contributed by atoms with Gasteiger partial charge in [0.1, 0.15) is 23.5 Å². The summed E-state index contributed by atoms with van der Waals surface area (Å²) in [5, 5.41) is 0. The molecule has 1 heterocycles. The first kappa shape index (κ1) is 23.6. The molecule has 3 aliphatic rings. The average Bonchev–Trinajstić information content (AvgIpc) is 2.99. The fourth-order valence-electron chi connectivity index (χ4n) is 5.50. The zero-order chi connectivity index (χ0) is 22.2. The van der Waals surface area contributed by atoms with Gasteiger partial charge in [-0.25, -0.2) is 0 Å². The standard InChI is InChI=1S/C24H38O6/c1-22(2)14-29-24(4,30-15-22)21(28-5)11-7-16(25)6-8-17-18-9-10-20(27)23(18,3)13-12-19(17)26/h17-18,21H,6-15H2,1-5H3/t17-,18-,21?,23-/m0/s1. The molecule has 2 aliphatic carbocycles. The van der Waals surface area contributed by atoms with Gasteiger partial charge in [-0.1, -0.05) is 20.8 Å². The summed E-state index contributed by atoms with van der Waals surface area (Å²) in [5.41, 5.74) is -0.392. The fraction of sp³-hybridized carbons (Fsp3) is 0.875. The molecule has 6 heteroatoms. The van der Waals surface area contributed by atoms with Crippen molar-refractivity contribution in [3.05, 3.63) is 0 Å². The van der Waals surface area contributed by atoms with E-state index in [2.05, 4.69) is 13.8 Å². The lowest BCUT2D eigenvalue weighted by molar-refractivity contribution is -0.327. The van der Waals surface area contributed by atoms with Crippen LogP contribution in [0.2, 0.25) is 0 Å². The number of hydrogen-bond donors (Lipinski definition) is 0. The molecule has 0 bridgehead atoms. The van der Waals surface area contributed by atoms with Gasteiger partial charge < -0.3 is 14.2 Å². The topological polar surface area (TPSA) is 78.9 Å². The van der Waals surface area contributed by atoms with E-state index in [9.17, 15) is 14.4 Å². The molecule has 0 amide bonds. The van der Waals surface area contributed by atoms with E-state index in [1.807, 2.05) is 13.8 Å². The molecule has 1 aliphatic heterocycles. The lowest BCUT2D eigenvalue weighted by Crippen LogP contribution is -2.53. The van der Waals surface area contributed by atoms with E-state index in [4.69, 9.17) is 14.2 Å². The second kappa shape index (κ2) is 8.79. The Labute approximate surface area is 180 Å². The summed E-state index contributed by atoms with van der Waals surface area (Å²) in [5.74, 6) is -0.243. The Hall–Kier alpha value is -1.11. The molecule has 1 unspecified atom stereocenters. The van der Waals surface area contributed by atoms with Crippen LogP contribution in [0.1, 0.15) is 79.1 Å². The number of rotatable bonds is 8. The lowest BCUT2D eigenvalue weighted by atomic mass is 9.62. The largest absolute Gasteiger partial charge is 0.376 e. The number of ketones is 3. The monoisotopic (exact) mass is 422 g/mol. The molecule has 0 radical (unpaired) electrons. The summed E-state index contributed by atoms with van der Waals surface area (Å²) in [6, 6.07) is 0. The Bertz CT molecular complexity index is 673. The Morgan fingerprint density at radius 1 is 1.10 bits per heavy atom. The van der Waals surface area contributed by atoms with E-state index in [0.717, 1.165) is 6.42 Å². The van der Waals surface area contributed by atoms with Crippen LogP contribution in [0.25, 0.3) is 0 Å². The van der Waals surface area contributed by atoms with Crippen molar-refractivity contribution in [2.24, 2.45) is 22.7 Å². The Morgan fingerprint density at radius 2 is 1.77 bits per heavy atom. The van der Waals surface area contributed by atoms with E-state index in [1.165, 1.54) is 0 Å². The predicted molar refractivity (Wildman–Crippen MR) is 112 cm³/mol. The van der Waals surface area contributed by atoms with E-state index >= 15 is 0 Å². The van der Waals surface area contributed by atoms with Gasteiger partial charge in [-0.05, 0) is 38.5 Å². The van der Waals surface area contributed by atoms with E-state index in [1.54, 1.807) is 7.11 Å². The third-order valence-corrected chi connectivity index (χ3v) is 7.72. The minimum Gasteiger partial charge on any atom is -0.376 e. The molecule has 2 saturated carbocycles. The molecular formula is C24H38O6. The minimum absolute atomic E-state index is 0.0315. The van der Waals surface area contributed by atoms with Crippen LogP contribution in [0.5, 0.6) is 0 Å². The van der Waals surface area contributed by atoms with Crippen molar-refractivity contribution >= 4 is 17.3 Å². The maximum atomic E-state index is 12.6. The maximum Gasteiger partial charge on any atom is 0.191 e. The summed E-state index contributed by atoms with van der Waals surface area (Å²) < 4.78 is 17.5. The molecule has 3 rings (SSSR count). The molecular weight excluding hydrogens is 384 g/mol. The van der Waals surface area contributed by atoms with Crippen LogP contribution >= 0.6 is 0 Å². The van der Waals surface area contributed by atoms with Crippen LogP contribution in [0, 0.1) is 22.7 Å². The molecule has 0 aromatic rings. The number of carbonyl (C=O) groups excluding carboxylic acids is 3. The molecule has 0 spiro atoms. The number of fused-ring (bicyclic) bond motifs is 1. The molecule has 3 fully saturated rings. The highest BCUT2D eigenvalue weighted by atomic mass is 16.7. The molecule has 0 aromatic carbocycles. The Balaban J connectivity index is 1.50. The van der Waals surface area contributed by atoms with Gasteiger partial charge in [0.2, 0.25) is 0 Å². The van der Waals surface area contributed by atoms with Gasteiger partial charge in [-0.15, -0.1) is 0 Å². The van der Waals surface area contributed by atoms with Crippen molar-refractivity contribution in [2.75, 3.05) is 20.3 Å². The first-order valence-corrected chi connectivity index (χ1v) is 11.4. The maximum absolute atomic E-state index is 12.6. The summed E-state index contributed by atoms with van der Waals surface area (Å²) in [6.45, 7) is 9.24. The summed E-state index contributed by atoms with van der Waals surface area (Å²) in [4.78, 5) is 37.5. The predicted octanol–water partition coefficient (Wildman–Crippen LogP) is 3.88. The normalized spacial score (nSPS) is 33.9. The van der Waals surface area contributed by atoms with Crippen LogP contribution in [-0.2, 0) is 28.6 Å². The van der Waals surface area contributed by atoms with Gasteiger partial charge in [0, 0.05) is 49.5 Å². The van der Waals surface area contributed by atoms with Crippen molar-refractivity contribution in [1.29, 1.82) is 0 Å². The summed E-state index contributed by atoms with van der Waals surface area (Å²) in [6.07, 6.45) is 3.98. The molecule has 30 heavy (non-hydrogen) atoms.